The van der Waals surface area contributed by atoms with Crippen molar-refractivity contribution < 1.29 is 13.2 Å². The Morgan fingerprint density at radius 2 is 1.57 bits per heavy atom. The van der Waals surface area contributed by atoms with E-state index in [1.54, 1.807) is 42.0 Å². The summed E-state index contributed by atoms with van der Waals surface area (Å²) in [6.07, 6.45) is 0. The van der Waals surface area contributed by atoms with Gasteiger partial charge in [-0.2, -0.15) is 4.31 Å². The molecule has 4 aromatic rings. The number of piperazine rings is 1. The van der Waals surface area contributed by atoms with Crippen molar-refractivity contribution in [2.24, 2.45) is 0 Å². The van der Waals surface area contributed by atoms with Crippen LogP contribution < -0.4 is 10.3 Å². The molecule has 1 unspecified atom stereocenters. The number of aromatic nitrogens is 2. The average molecular weight is 584 g/mol. The number of halogens is 1. The van der Waals surface area contributed by atoms with E-state index in [9.17, 15) is 13.2 Å². The van der Waals surface area contributed by atoms with Gasteiger partial charge in [0.25, 0.3) is 5.56 Å². The lowest BCUT2D eigenvalue weighted by molar-refractivity contribution is 0.139. The molecule has 1 aromatic heterocycles. The first-order valence-corrected chi connectivity index (χ1v) is 14.2. The molecule has 1 saturated heterocycles. The first kappa shape index (κ1) is 25.6. The molecular weight excluding hydrogens is 556 g/mol. The smallest absolute Gasteiger partial charge is 0.266 e. The number of ether oxygens (including phenoxy) is 1. The summed E-state index contributed by atoms with van der Waals surface area (Å²) in [5.41, 5.74) is 1.07. The van der Waals surface area contributed by atoms with Crippen molar-refractivity contribution in [3.05, 3.63) is 93.4 Å². The van der Waals surface area contributed by atoms with Crippen molar-refractivity contribution in [1.82, 2.24) is 18.8 Å². The van der Waals surface area contributed by atoms with Crippen LogP contribution in [0, 0.1) is 0 Å². The van der Waals surface area contributed by atoms with Crippen molar-refractivity contribution >= 4 is 36.9 Å². The molecule has 1 aliphatic rings. The van der Waals surface area contributed by atoms with E-state index in [-0.39, 0.29) is 16.5 Å². The third-order valence-electron chi connectivity index (χ3n) is 6.77. The molecule has 1 atom stereocenters. The number of nitrogens with zero attached hydrogens (tertiary/aromatic N) is 4. The van der Waals surface area contributed by atoms with Gasteiger partial charge in [0, 0.05) is 30.7 Å². The maximum atomic E-state index is 13.7. The first-order chi connectivity index (χ1) is 17.8. The fraction of sp³-hybridized carbons (Fsp3) is 0.259. The van der Waals surface area contributed by atoms with Crippen molar-refractivity contribution in [1.29, 1.82) is 0 Å². The van der Waals surface area contributed by atoms with E-state index < -0.39 is 10.0 Å². The van der Waals surface area contributed by atoms with Crippen molar-refractivity contribution in [2.75, 3.05) is 33.3 Å². The highest BCUT2D eigenvalue weighted by Gasteiger charge is 2.32. The normalized spacial score (nSPS) is 16.1. The Morgan fingerprint density at radius 3 is 2.27 bits per heavy atom. The summed E-state index contributed by atoms with van der Waals surface area (Å²) >= 11 is 3.35. The molecule has 8 nitrogen and oxygen atoms in total. The van der Waals surface area contributed by atoms with Crippen molar-refractivity contribution in [3.8, 4) is 11.4 Å². The molecule has 5 rings (SSSR count). The van der Waals surface area contributed by atoms with Crippen LogP contribution in [0.1, 0.15) is 18.8 Å². The number of hydrogen-bond donors (Lipinski definition) is 0. The molecule has 10 heteroatoms. The minimum atomic E-state index is -3.59. The Bertz CT molecular complexity index is 1600. The molecule has 3 aromatic carbocycles. The van der Waals surface area contributed by atoms with E-state index in [2.05, 4.69) is 20.8 Å². The summed E-state index contributed by atoms with van der Waals surface area (Å²) in [6, 6.07) is 21.1. The monoisotopic (exact) mass is 582 g/mol. The lowest BCUT2D eigenvalue weighted by Crippen LogP contribution is -2.49. The zero-order valence-electron chi connectivity index (χ0n) is 20.5. The minimum Gasteiger partial charge on any atom is -0.495 e. The quantitative estimate of drug-likeness (QED) is 0.338. The van der Waals surface area contributed by atoms with Gasteiger partial charge in [-0.15, -0.1) is 0 Å². The number of sulfonamides is 1. The number of fused-ring (bicyclic) bond motifs is 1. The summed E-state index contributed by atoms with van der Waals surface area (Å²) in [4.78, 5) is 21.1. The molecule has 1 aliphatic heterocycles. The standard InChI is InChI=1S/C27H27BrN4O4S/c1-19(30-15-17-31(18-16-30)37(34,35)21-13-11-20(28)12-14-21)26-29-23-8-4-3-7-22(23)27(33)32(26)24-9-5-6-10-25(24)36-2/h3-14,19H,15-18H2,1-2H3. The van der Waals surface area contributed by atoms with Gasteiger partial charge in [0.15, 0.2) is 0 Å². The van der Waals surface area contributed by atoms with Crippen molar-refractivity contribution in [2.45, 2.75) is 17.9 Å². The van der Waals surface area contributed by atoms with Gasteiger partial charge in [-0.3, -0.25) is 14.3 Å². The molecule has 0 amide bonds. The van der Waals surface area contributed by atoms with Gasteiger partial charge in [0.1, 0.15) is 11.6 Å². The Kier molecular flexibility index (Phi) is 7.17. The molecule has 192 valence electrons. The van der Waals surface area contributed by atoms with Crippen LogP contribution in [0.5, 0.6) is 5.75 Å². The molecular formula is C27H27BrN4O4S. The topological polar surface area (TPSA) is 84.7 Å². The van der Waals surface area contributed by atoms with Gasteiger partial charge in [-0.25, -0.2) is 13.4 Å². The minimum absolute atomic E-state index is 0.173. The highest BCUT2D eigenvalue weighted by atomic mass is 79.9. The number of hydrogen-bond acceptors (Lipinski definition) is 6. The predicted octanol–water partition coefficient (Wildman–Crippen LogP) is 4.22. The van der Waals surface area contributed by atoms with Crippen LogP contribution in [0.2, 0.25) is 0 Å². The number of benzene rings is 3. The third-order valence-corrected chi connectivity index (χ3v) is 9.22. The van der Waals surface area contributed by atoms with Gasteiger partial charge >= 0.3 is 0 Å². The van der Waals surface area contributed by atoms with Crippen LogP contribution in [-0.4, -0.2) is 60.5 Å². The SMILES string of the molecule is COc1ccccc1-n1c(C(C)N2CCN(S(=O)(=O)c3ccc(Br)cc3)CC2)nc2ccccc2c1=O. The Labute approximate surface area is 224 Å². The molecule has 0 saturated carbocycles. The maximum Gasteiger partial charge on any atom is 0.266 e. The van der Waals surface area contributed by atoms with E-state index in [4.69, 9.17) is 9.72 Å². The van der Waals surface area contributed by atoms with Gasteiger partial charge in [-0.05, 0) is 55.5 Å². The second-order valence-electron chi connectivity index (χ2n) is 8.87. The zero-order chi connectivity index (χ0) is 26.2. The summed E-state index contributed by atoms with van der Waals surface area (Å²) in [5.74, 6) is 1.15. The second kappa shape index (κ2) is 10.4. The van der Waals surface area contributed by atoms with Crippen LogP contribution in [0.3, 0.4) is 0 Å². The summed E-state index contributed by atoms with van der Waals surface area (Å²) in [5, 5.41) is 0.523. The Morgan fingerprint density at radius 1 is 0.919 bits per heavy atom. The molecule has 37 heavy (non-hydrogen) atoms. The number of methoxy groups -OCH3 is 1. The maximum absolute atomic E-state index is 13.7. The molecule has 0 N–H and O–H groups in total. The molecule has 0 aliphatic carbocycles. The molecule has 0 bridgehead atoms. The van der Waals surface area contributed by atoms with Crippen LogP contribution in [-0.2, 0) is 10.0 Å². The van der Waals surface area contributed by atoms with Crippen LogP contribution in [0.15, 0.2) is 87.0 Å². The predicted molar refractivity (Wildman–Crippen MR) is 147 cm³/mol. The van der Waals surface area contributed by atoms with E-state index in [1.807, 2.05) is 49.4 Å². The number of para-hydroxylation sites is 3. The summed E-state index contributed by atoms with van der Waals surface area (Å²) < 4.78 is 35.9. The summed E-state index contributed by atoms with van der Waals surface area (Å²) in [7, 11) is -2.01. The van der Waals surface area contributed by atoms with Crippen LogP contribution >= 0.6 is 15.9 Å². The van der Waals surface area contributed by atoms with Gasteiger partial charge < -0.3 is 4.74 Å². The van der Waals surface area contributed by atoms with E-state index in [0.29, 0.717) is 54.3 Å². The molecule has 2 heterocycles. The van der Waals surface area contributed by atoms with Crippen LogP contribution in [0.4, 0.5) is 0 Å². The van der Waals surface area contributed by atoms with Gasteiger partial charge in [-0.1, -0.05) is 40.2 Å². The Hall–Kier alpha value is -3.05. The highest BCUT2D eigenvalue weighted by Crippen LogP contribution is 2.29. The second-order valence-corrected chi connectivity index (χ2v) is 11.7. The number of rotatable bonds is 6. The van der Waals surface area contributed by atoms with E-state index >= 15 is 0 Å². The fourth-order valence-corrected chi connectivity index (χ4v) is 6.41. The molecule has 1 fully saturated rings. The van der Waals surface area contributed by atoms with Gasteiger partial charge in [0.05, 0.1) is 34.6 Å². The Balaban J connectivity index is 1.49. The fourth-order valence-electron chi connectivity index (χ4n) is 4.73. The first-order valence-electron chi connectivity index (χ1n) is 12.0. The lowest BCUT2D eigenvalue weighted by atomic mass is 10.1. The zero-order valence-corrected chi connectivity index (χ0v) is 22.9. The summed E-state index contributed by atoms with van der Waals surface area (Å²) in [6.45, 7) is 3.70. The average Bonchev–Trinajstić information content (AvgIpc) is 2.93. The van der Waals surface area contributed by atoms with E-state index in [1.165, 1.54) is 4.31 Å². The largest absolute Gasteiger partial charge is 0.495 e. The van der Waals surface area contributed by atoms with Crippen molar-refractivity contribution in [3.63, 3.8) is 0 Å². The molecule has 0 spiro atoms. The van der Waals surface area contributed by atoms with Crippen LogP contribution in [0.25, 0.3) is 16.6 Å². The molecule has 0 radical (unpaired) electrons. The van der Waals surface area contributed by atoms with Gasteiger partial charge in [0.2, 0.25) is 10.0 Å². The highest BCUT2D eigenvalue weighted by molar-refractivity contribution is 9.10. The van der Waals surface area contributed by atoms with E-state index in [0.717, 1.165) is 4.47 Å². The third kappa shape index (κ3) is 4.82. The lowest BCUT2D eigenvalue weighted by Gasteiger charge is -2.37.